The lowest BCUT2D eigenvalue weighted by molar-refractivity contribution is 0.690. The van der Waals surface area contributed by atoms with Gasteiger partial charge in [-0.25, -0.2) is 0 Å². The molecule has 0 aliphatic heterocycles. The first-order chi connectivity index (χ1) is 12.8. The zero-order chi connectivity index (χ0) is 19.6. The summed E-state index contributed by atoms with van der Waals surface area (Å²) in [6, 6.07) is 10.4. The van der Waals surface area contributed by atoms with Crippen LogP contribution in [0.25, 0.3) is 0 Å². The topological polar surface area (TPSA) is 41.9 Å². The summed E-state index contributed by atoms with van der Waals surface area (Å²) in [5, 5.41) is 13.0. The van der Waals surface area contributed by atoms with E-state index in [0.29, 0.717) is 48.3 Å². The average molecular weight is 481 g/mol. The second-order valence-corrected chi connectivity index (χ2v) is 7.88. The van der Waals surface area contributed by atoms with Gasteiger partial charge in [-0.05, 0) is 42.5 Å². The monoisotopic (exact) mass is 478 g/mol. The van der Waals surface area contributed by atoms with Crippen LogP contribution in [0.1, 0.15) is 5.56 Å². The van der Waals surface area contributed by atoms with Crippen LogP contribution in [0.15, 0.2) is 42.6 Å². The molecule has 27 heavy (non-hydrogen) atoms. The van der Waals surface area contributed by atoms with Crippen LogP contribution in [0.2, 0.25) is 25.1 Å². The van der Waals surface area contributed by atoms with Crippen molar-refractivity contribution in [3.63, 3.8) is 0 Å². The van der Waals surface area contributed by atoms with E-state index in [4.69, 9.17) is 70.2 Å². The van der Waals surface area contributed by atoms with Crippen LogP contribution < -0.4 is 10.6 Å². The SMILES string of the molecule is S=C(Nc1ccc(Cl)c(Cl)c1)Nc1nn(Cc2c(Cl)cccc2Cl)cc1Cl. The highest BCUT2D eigenvalue weighted by Crippen LogP contribution is 2.28. The van der Waals surface area contributed by atoms with Gasteiger partial charge in [0.05, 0.1) is 16.6 Å². The van der Waals surface area contributed by atoms with E-state index in [1.54, 1.807) is 47.3 Å². The number of thiocarbonyl (C=S) groups is 1. The Morgan fingerprint density at radius 3 is 2.26 bits per heavy atom. The predicted molar refractivity (Wildman–Crippen MR) is 119 cm³/mol. The Morgan fingerprint density at radius 1 is 0.889 bits per heavy atom. The quantitative estimate of drug-likeness (QED) is 0.394. The normalized spacial score (nSPS) is 10.7. The Labute approximate surface area is 186 Å². The highest BCUT2D eigenvalue weighted by Gasteiger charge is 2.12. The molecule has 3 rings (SSSR count). The molecule has 140 valence electrons. The first kappa shape index (κ1) is 20.5. The van der Waals surface area contributed by atoms with Crippen molar-refractivity contribution in [2.24, 2.45) is 0 Å². The van der Waals surface area contributed by atoms with Crippen molar-refractivity contribution in [3.8, 4) is 0 Å². The van der Waals surface area contributed by atoms with Crippen molar-refractivity contribution in [3.05, 3.63) is 73.3 Å². The number of benzene rings is 2. The Morgan fingerprint density at radius 2 is 1.59 bits per heavy atom. The van der Waals surface area contributed by atoms with Gasteiger partial charge in [0.25, 0.3) is 0 Å². The number of nitrogens with one attached hydrogen (secondary N) is 2. The first-order valence-electron chi connectivity index (χ1n) is 7.52. The van der Waals surface area contributed by atoms with Crippen molar-refractivity contribution in [1.82, 2.24) is 9.78 Å². The lowest BCUT2D eigenvalue weighted by Gasteiger charge is -2.10. The molecule has 0 radical (unpaired) electrons. The predicted octanol–water partition coefficient (Wildman–Crippen LogP) is 7.01. The second-order valence-electron chi connectivity index (χ2n) is 5.43. The molecule has 1 aromatic heterocycles. The molecule has 2 aromatic carbocycles. The van der Waals surface area contributed by atoms with Crippen molar-refractivity contribution < 1.29 is 0 Å². The maximum Gasteiger partial charge on any atom is 0.176 e. The van der Waals surface area contributed by atoms with Crippen LogP contribution in [-0.2, 0) is 6.54 Å². The Kier molecular flexibility index (Phi) is 6.74. The summed E-state index contributed by atoms with van der Waals surface area (Å²) in [4.78, 5) is 0. The van der Waals surface area contributed by atoms with Crippen LogP contribution in [-0.4, -0.2) is 14.9 Å². The summed E-state index contributed by atoms with van der Waals surface area (Å²) in [7, 11) is 0. The zero-order valence-corrected chi connectivity index (χ0v) is 18.0. The van der Waals surface area contributed by atoms with E-state index in [0.717, 1.165) is 5.56 Å². The lowest BCUT2D eigenvalue weighted by atomic mass is 10.2. The van der Waals surface area contributed by atoms with Gasteiger partial charge in [-0.3, -0.25) is 4.68 Å². The number of aromatic nitrogens is 2. The van der Waals surface area contributed by atoms with Crippen LogP contribution in [0, 0.1) is 0 Å². The molecule has 0 aliphatic rings. The van der Waals surface area contributed by atoms with Gasteiger partial charge in [-0.1, -0.05) is 64.1 Å². The number of hydrogen-bond acceptors (Lipinski definition) is 2. The van der Waals surface area contributed by atoms with Gasteiger partial charge >= 0.3 is 0 Å². The van der Waals surface area contributed by atoms with E-state index >= 15 is 0 Å². The van der Waals surface area contributed by atoms with Gasteiger partial charge in [0.2, 0.25) is 0 Å². The largest absolute Gasteiger partial charge is 0.332 e. The molecule has 0 fully saturated rings. The number of rotatable bonds is 4. The molecule has 1 heterocycles. The van der Waals surface area contributed by atoms with Crippen LogP contribution in [0.5, 0.6) is 0 Å². The highest BCUT2D eigenvalue weighted by atomic mass is 35.5. The Hall–Kier alpha value is -1.21. The molecule has 0 amide bonds. The van der Waals surface area contributed by atoms with Crippen LogP contribution in [0.3, 0.4) is 0 Å². The van der Waals surface area contributed by atoms with Crippen molar-refractivity contribution in [2.75, 3.05) is 10.6 Å². The minimum atomic E-state index is 0.302. The number of hydrogen-bond donors (Lipinski definition) is 2. The van der Waals surface area contributed by atoms with E-state index in [2.05, 4.69) is 15.7 Å². The van der Waals surface area contributed by atoms with E-state index in [-0.39, 0.29) is 0 Å². The average Bonchev–Trinajstić information content (AvgIpc) is 2.94. The van der Waals surface area contributed by atoms with Gasteiger partial charge in [0.15, 0.2) is 10.9 Å². The number of halogens is 5. The fourth-order valence-corrected chi connectivity index (χ4v) is 3.48. The van der Waals surface area contributed by atoms with Crippen LogP contribution >= 0.6 is 70.2 Å². The third-order valence-corrected chi connectivity index (χ3v) is 5.44. The molecule has 0 aliphatic carbocycles. The van der Waals surface area contributed by atoms with E-state index in [9.17, 15) is 0 Å². The van der Waals surface area contributed by atoms with E-state index < -0.39 is 0 Å². The summed E-state index contributed by atoms with van der Waals surface area (Å²) in [5.41, 5.74) is 1.43. The van der Waals surface area contributed by atoms with Gasteiger partial charge in [0.1, 0.15) is 5.02 Å². The molecule has 2 N–H and O–H groups in total. The third-order valence-electron chi connectivity index (χ3n) is 3.51. The molecule has 0 unspecified atom stereocenters. The summed E-state index contributed by atoms with van der Waals surface area (Å²) in [6.45, 7) is 0.368. The molecule has 3 aromatic rings. The van der Waals surface area contributed by atoms with Crippen LogP contribution in [0.4, 0.5) is 11.5 Å². The number of nitrogens with zero attached hydrogens (tertiary/aromatic N) is 2. The highest BCUT2D eigenvalue weighted by molar-refractivity contribution is 7.80. The molecule has 0 saturated heterocycles. The minimum absolute atomic E-state index is 0.302. The molecule has 0 saturated carbocycles. The molecule has 4 nitrogen and oxygen atoms in total. The van der Waals surface area contributed by atoms with Crippen molar-refractivity contribution >= 4 is 86.8 Å². The standard InChI is InChI=1S/C17H11Cl5N4S/c18-11-2-1-3-12(19)10(11)7-26-8-15(22)16(25-26)24-17(27)23-9-4-5-13(20)14(21)6-9/h1-6,8H,7H2,(H2,23,24,25,27). The van der Waals surface area contributed by atoms with E-state index in [1.165, 1.54) is 0 Å². The molecule has 0 spiro atoms. The summed E-state index contributed by atoms with van der Waals surface area (Å²) in [6.07, 6.45) is 1.66. The molecular formula is C17H11Cl5N4S. The second kappa shape index (κ2) is 8.86. The van der Waals surface area contributed by atoms with Crippen molar-refractivity contribution in [2.45, 2.75) is 6.54 Å². The molecule has 0 bridgehead atoms. The summed E-state index contributed by atoms with van der Waals surface area (Å²) in [5.74, 6) is 0.400. The summed E-state index contributed by atoms with van der Waals surface area (Å²) >= 11 is 35.8. The lowest BCUT2D eigenvalue weighted by Crippen LogP contribution is -2.19. The van der Waals surface area contributed by atoms with Gasteiger partial charge in [-0.15, -0.1) is 0 Å². The maximum atomic E-state index is 6.25. The zero-order valence-electron chi connectivity index (χ0n) is 13.4. The molecular weight excluding hydrogens is 470 g/mol. The minimum Gasteiger partial charge on any atom is -0.332 e. The Balaban J connectivity index is 1.71. The van der Waals surface area contributed by atoms with Gasteiger partial charge < -0.3 is 10.6 Å². The fourth-order valence-electron chi connectivity index (χ4n) is 2.25. The number of anilines is 2. The maximum absolute atomic E-state index is 6.25. The smallest absolute Gasteiger partial charge is 0.176 e. The summed E-state index contributed by atoms with van der Waals surface area (Å²) < 4.78 is 1.62. The van der Waals surface area contributed by atoms with Gasteiger partial charge in [-0.2, -0.15) is 5.10 Å². The Bertz CT molecular complexity index is 985. The van der Waals surface area contributed by atoms with Crippen molar-refractivity contribution in [1.29, 1.82) is 0 Å². The first-order valence-corrected chi connectivity index (χ1v) is 9.82. The van der Waals surface area contributed by atoms with E-state index in [1.807, 2.05) is 0 Å². The molecule has 0 atom stereocenters. The molecule has 10 heteroatoms. The third kappa shape index (κ3) is 5.19. The fraction of sp³-hybridized carbons (Fsp3) is 0.0588. The van der Waals surface area contributed by atoms with Gasteiger partial charge in [0, 0.05) is 27.5 Å².